The van der Waals surface area contributed by atoms with Crippen LogP contribution in [-0.2, 0) is 13.0 Å². The van der Waals surface area contributed by atoms with Gasteiger partial charge in [-0.05, 0) is 29.5 Å². The number of rotatable bonds is 5. The van der Waals surface area contributed by atoms with Crippen molar-refractivity contribution in [1.82, 2.24) is 20.0 Å². The fourth-order valence-electron chi connectivity index (χ4n) is 3.25. The molecular weight excluding hydrogens is 304 g/mol. The van der Waals surface area contributed by atoms with Gasteiger partial charge in [0.1, 0.15) is 0 Å². The van der Waals surface area contributed by atoms with Gasteiger partial charge in [-0.3, -0.25) is 4.68 Å². The molecular formula is C18H24N4O2. The molecule has 1 aromatic heterocycles. The number of aliphatic hydroxyl groups is 1. The van der Waals surface area contributed by atoms with Crippen LogP contribution in [-0.4, -0.2) is 45.5 Å². The fraction of sp³-hybridized carbons (Fsp3) is 0.444. The molecule has 0 aliphatic carbocycles. The Morgan fingerprint density at radius 3 is 3.00 bits per heavy atom. The molecule has 0 fully saturated rings. The monoisotopic (exact) mass is 328 g/mol. The highest BCUT2D eigenvalue weighted by Crippen LogP contribution is 2.29. The number of aliphatic hydroxyl groups excluding tert-OH is 1. The van der Waals surface area contributed by atoms with Crippen LogP contribution in [0.2, 0.25) is 0 Å². The summed E-state index contributed by atoms with van der Waals surface area (Å²) in [6, 6.07) is 9.53. The van der Waals surface area contributed by atoms with E-state index in [0.29, 0.717) is 13.1 Å². The van der Waals surface area contributed by atoms with Crippen molar-refractivity contribution in [1.29, 1.82) is 0 Å². The van der Waals surface area contributed by atoms with Gasteiger partial charge in [-0.25, -0.2) is 4.79 Å². The quantitative estimate of drug-likeness (QED) is 0.879. The molecule has 6 nitrogen and oxygen atoms in total. The lowest BCUT2D eigenvalue weighted by molar-refractivity contribution is 0.126. The minimum Gasteiger partial charge on any atom is -0.394 e. The van der Waals surface area contributed by atoms with E-state index in [1.807, 2.05) is 35.1 Å². The molecule has 3 rings (SSSR count). The highest BCUT2D eigenvalue weighted by atomic mass is 16.3. The molecule has 24 heavy (non-hydrogen) atoms. The van der Waals surface area contributed by atoms with E-state index >= 15 is 0 Å². The van der Waals surface area contributed by atoms with Gasteiger partial charge in [0.15, 0.2) is 0 Å². The summed E-state index contributed by atoms with van der Waals surface area (Å²) in [7, 11) is 0. The first-order chi connectivity index (χ1) is 11.7. The number of amides is 2. The smallest absolute Gasteiger partial charge is 0.318 e. The van der Waals surface area contributed by atoms with Crippen LogP contribution in [0.25, 0.3) is 0 Å². The first-order valence-corrected chi connectivity index (χ1v) is 8.39. The SMILES string of the molecule is C[C@@H](CNC(=O)N1CCc2ccccc2[C@@H]1CO)Cn1cccn1. The highest BCUT2D eigenvalue weighted by molar-refractivity contribution is 5.75. The van der Waals surface area contributed by atoms with Crippen LogP contribution in [0.1, 0.15) is 24.1 Å². The Balaban J connectivity index is 1.58. The summed E-state index contributed by atoms with van der Waals surface area (Å²) < 4.78 is 1.87. The zero-order valence-corrected chi connectivity index (χ0v) is 13.9. The molecule has 0 saturated heterocycles. The van der Waals surface area contributed by atoms with E-state index in [0.717, 1.165) is 18.5 Å². The predicted octanol–water partition coefficient (Wildman–Crippen LogP) is 1.82. The Labute approximate surface area is 142 Å². The number of fused-ring (bicyclic) bond motifs is 1. The van der Waals surface area contributed by atoms with Gasteiger partial charge < -0.3 is 15.3 Å². The molecule has 2 heterocycles. The molecule has 128 valence electrons. The van der Waals surface area contributed by atoms with E-state index in [-0.39, 0.29) is 24.6 Å². The molecule has 6 heteroatoms. The van der Waals surface area contributed by atoms with Crippen molar-refractivity contribution in [2.75, 3.05) is 19.7 Å². The van der Waals surface area contributed by atoms with Gasteiger partial charge in [0.2, 0.25) is 0 Å². The number of nitrogens with one attached hydrogen (secondary N) is 1. The Kier molecular flexibility index (Phi) is 5.15. The molecule has 0 spiro atoms. The molecule has 1 aliphatic rings. The number of carbonyl (C=O) groups is 1. The van der Waals surface area contributed by atoms with Crippen LogP contribution in [0.5, 0.6) is 0 Å². The number of urea groups is 1. The van der Waals surface area contributed by atoms with E-state index in [9.17, 15) is 9.90 Å². The highest BCUT2D eigenvalue weighted by Gasteiger charge is 2.30. The fourth-order valence-corrected chi connectivity index (χ4v) is 3.25. The lowest BCUT2D eigenvalue weighted by atomic mass is 9.93. The van der Waals surface area contributed by atoms with E-state index < -0.39 is 0 Å². The van der Waals surface area contributed by atoms with Gasteiger partial charge in [0, 0.05) is 32.0 Å². The average molecular weight is 328 g/mol. The molecule has 2 atom stereocenters. The van der Waals surface area contributed by atoms with Crippen molar-refractivity contribution in [3.8, 4) is 0 Å². The minimum atomic E-state index is -0.267. The molecule has 0 bridgehead atoms. The Bertz CT molecular complexity index is 671. The maximum absolute atomic E-state index is 12.6. The second-order valence-electron chi connectivity index (χ2n) is 6.36. The van der Waals surface area contributed by atoms with Crippen LogP contribution in [0, 0.1) is 5.92 Å². The summed E-state index contributed by atoms with van der Waals surface area (Å²) in [5.41, 5.74) is 2.26. The molecule has 0 unspecified atom stereocenters. The standard InChI is InChI=1S/C18H24N4O2/c1-14(12-21-9-4-8-20-21)11-19-18(24)22-10-7-15-5-2-3-6-16(15)17(22)13-23/h2-6,8-9,14,17,23H,7,10-13H2,1H3,(H,19,24)/t14-,17-/m0/s1. The number of hydrogen-bond donors (Lipinski definition) is 2. The van der Waals surface area contributed by atoms with Gasteiger partial charge in [-0.2, -0.15) is 5.10 Å². The first-order valence-electron chi connectivity index (χ1n) is 8.39. The van der Waals surface area contributed by atoms with Crippen LogP contribution in [0.15, 0.2) is 42.7 Å². The summed E-state index contributed by atoms with van der Waals surface area (Å²) in [6.45, 7) is 3.99. The van der Waals surface area contributed by atoms with Gasteiger partial charge in [-0.1, -0.05) is 31.2 Å². The third-order valence-electron chi connectivity index (χ3n) is 4.51. The van der Waals surface area contributed by atoms with Crippen LogP contribution >= 0.6 is 0 Å². The van der Waals surface area contributed by atoms with Crippen molar-refractivity contribution >= 4 is 6.03 Å². The lowest BCUT2D eigenvalue weighted by Gasteiger charge is -2.36. The molecule has 1 aromatic carbocycles. The second kappa shape index (κ2) is 7.49. The largest absolute Gasteiger partial charge is 0.394 e. The van der Waals surface area contributed by atoms with Crippen LogP contribution in [0.4, 0.5) is 4.79 Å². The maximum Gasteiger partial charge on any atom is 0.318 e. The summed E-state index contributed by atoms with van der Waals surface area (Å²) in [4.78, 5) is 14.3. The summed E-state index contributed by atoms with van der Waals surface area (Å²) in [5, 5.41) is 17.0. The van der Waals surface area contributed by atoms with Crippen LogP contribution < -0.4 is 5.32 Å². The predicted molar refractivity (Wildman–Crippen MR) is 91.5 cm³/mol. The van der Waals surface area contributed by atoms with Crippen molar-refractivity contribution < 1.29 is 9.90 Å². The van der Waals surface area contributed by atoms with Crippen LogP contribution in [0.3, 0.4) is 0 Å². The van der Waals surface area contributed by atoms with E-state index in [1.54, 1.807) is 11.1 Å². The lowest BCUT2D eigenvalue weighted by Crippen LogP contribution is -2.47. The van der Waals surface area contributed by atoms with Crippen molar-refractivity contribution in [2.45, 2.75) is 25.9 Å². The summed E-state index contributed by atoms with van der Waals surface area (Å²) in [5.74, 6) is 0.276. The normalized spacial score (nSPS) is 18.1. The minimum absolute atomic E-state index is 0.0622. The Morgan fingerprint density at radius 2 is 2.25 bits per heavy atom. The zero-order valence-electron chi connectivity index (χ0n) is 13.9. The summed E-state index contributed by atoms with van der Waals surface area (Å²) >= 11 is 0. The zero-order chi connectivity index (χ0) is 16.9. The molecule has 2 amide bonds. The van der Waals surface area contributed by atoms with E-state index in [2.05, 4.69) is 23.4 Å². The number of nitrogens with zero attached hydrogens (tertiary/aromatic N) is 3. The summed E-state index contributed by atoms with van der Waals surface area (Å²) in [6.07, 6.45) is 4.49. The third kappa shape index (κ3) is 3.59. The first kappa shape index (κ1) is 16.5. The van der Waals surface area contributed by atoms with E-state index in [4.69, 9.17) is 0 Å². The van der Waals surface area contributed by atoms with E-state index in [1.165, 1.54) is 5.56 Å². The topological polar surface area (TPSA) is 70.4 Å². The van der Waals surface area contributed by atoms with Crippen molar-refractivity contribution in [2.24, 2.45) is 5.92 Å². The molecule has 0 saturated carbocycles. The Morgan fingerprint density at radius 1 is 1.42 bits per heavy atom. The van der Waals surface area contributed by atoms with Gasteiger partial charge in [0.05, 0.1) is 12.6 Å². The molecule has 2 aromatic rings. The molecule has 0 radical (unpaired) electrons. The average Bonchev–Trinajstić information content (AvgIpc) is 3.11. The second-order valence-corrected chi connectivity index (χ2v) is 6.36. The number of aromatic nitrogens is 2. The maximum atomic E-state index is 12.6. The number of hydrogen-bond acceptors (Lipinski definition) is 3. The number of carbonyl (C=O) groups excluding carboxylic acids is 1. The molecule has 1 aliphatic heterocycles. The molecule has 2 N–H and O–H groups in total. The Hall–Kier alpha value is -2.34. The number of benzene rings is 1. The van der Waals surface area contributed by atoms with Crippen molar-refractivity contribution in [3.05, 3.63) is 53.9 Å². The van der Waals surface area contributed by atoms with Gasteiger partial charge >= 0.3 is 6.03 Å². The van der Waals surface area contributed by atoms with Gasteiger partial charge in [0.25, 0.3) is 0 Å². The van der Waals surface area contributed by atoms with Gasteiger partial charge in [-0.15, -0.1) is 0 Å². The third-order valence-corrected chi connectivity index (χ3v) is 4.51. The van der Waals surface area contributed by atoms with Crippen molar-refractivity contribution in [3.63, 3.8) is 0 Å².